The van der Waals surface area contributed by atoms with E-state index in [1.807, 2.05) is 30.6 Å². The maximum Gasteiger partial charge on any atom is 0.305 e. The van der Waals surface area contributed by atoms with Gasteiger partial charge in [-0.15, -0.1) is 0 Å². The van der Waals surface area contributed by atoms with E-state index in [9.17, 15) is 9.59 Å². The molecule has 1 amide bonds. The third-order valence-electron chi connectivity index (χ3n) is 4.03. The van der Waals surface area contributed by atoms with Gasteiger partial charge in [-0.3, -0.25) is 9.59 Å². The van der Waals surface area contributed by atoms with Crippen LogP contribution in [0.5, 0.6) is 0 Å². The van der Waals surface area contributed by atoms with Gasteiger partial charge in [0.25, 0.3) is 5.91 Å². The number of esters is 1. The van der Waals surface area contributed by atoms with Crippen molar-refractivity contribution in [3.05, 3.63) is 30.6 Å². The molecule has 0 saturated carbocycles. The summed E-state index contributed by atoms with van der Waals surface area (Å²) in [7, 11) is 0. The first-order valence-electron chi connectivity index (χ1n) is 9.58. The number of unbranched alkanes of at least 4 members (excludes halogenated alkanes) is 7. The molecule has 26 heavy (non-hydrogen) atoms. The van der Waals surface area contributed by atoms with Gasteiger partial charge in [-0.05, 0) is 6.42 Å². The van der Waals surface area contributed by atoms with E-state index in [0.29, 0.717) is 13.0 Å². The quantitative estimate of drug-likeness (QED) is 0.282. The first-order chi connectivity index (χ1) is 12.2. The van der Waals surface area contributed by atoms with Gasteiger partial charge >= 0.3 is 5.97 Å². The van der Waals surface area contributed by atoms with Crippen LogP contribution in [0.15, 0.2) is 30.6 Å². The Bertz CT molecular complexity index is 483. The molecular weight excluding hydrogens is 352 g/mol. The van der Waals surface area contributed by atoms with Crippen molar-refractivity contribution >= 4 is 11.9 Å². The van der Waals surface area contributed by atoms with Crippen molar-refractivity contribution < 1.29 is 31.3 Å². The Labute approximate surface area is 163 Å². The summed E-state index contributed by atoms with van der Waals surface area (Å²) in [5, 5.41) is 2.75. The number of rotatable bonds is 14. The van der Waals surface area contributed by atoms with Crippen LogP contribution in [0.4, 0.5) is 0 Å². The van der Waals surface area contributed by atoms with Gasteiger partial charge in [-0.1, -0.05) is 57.9 Å². The molecule has 0 aromatic carbocycles. The Morgan fingerprint density at radius 2 is 1.54 bits per heavy atom. The Morgan fingerprint density at radius 3 is 2.19 bits per heavy atom. The van der Waals surface area contributed by atoms with E-state index in [2.05, 4.69) is 12.2 Å². The van der Waals surface area contributed by atoms with Crippen LogP contribution in [0.2, 0.25) is 0 Å². The number of amides is 1. The zero-order valence-electron chi connectivity index (χ0n) is 15.9. The molecule has 0 radical (unpaired) electrons. The number of nitrogens with one attached hydrogen (secondary N) is 1. The van der Waals surface area contributed by atoms with E-state index in [0.717, 1.165) is 12.8 Å². The van der Waals surface area contributed by atoms with E-state index in [-0.39, 0.29) is 37.4 Å². The Hall–Kier alpha value is -1.62. The van der Waals surface area contributed by atoms with Gasteiger partial charge in [0, 0.05) is 18.6 Å². The molecule has 0 bridgehead atoms. The van der Waals surface area contributed by atoms with Crippen LogP contribution in [-0.2, 0) is 20.9 Å². The molecule has 0 fully saturated rings. The Morgan fingerprint density at radius 1 is 0.923 bits per heavy atom. The van der Waals surface area contributed by atoms with Crippen LogP contribution in [0.1, 0.15) is 64.7 Å². The summed E-state index contributed by atoms with van der Waals surface area (Å²) in [6.45, 7) is 3.09. The Balaban J connectivity index is 0.00000625. The highest BCUT2D eigenvalue weighted by Crippen LogP contribution is 2.09. The molecule has 0 spiro atoms. The molecule has 0 atom stereocenters. The molecule has 5 nitrogen and oxygen atoms in total. The van der Waals surface area contributed by atoms with Gasteiger partial charge in [0.05, 0.1) is 6.54 Å². The van der Waals surface area contributed by atoms with Crippen LogP contribution in [0.3, 0.4) is 0 Å². The molecule has 0 aliphatic carbocycles. The summed E-state index contributed by atoms with van der Waals surface area (Å²) in [5.41, 5.74) is 0. The number of pyridine rings is 1. The molecule has 0 aliphatic rings. The minimum atomic E-state index is -0.169. The summed E-state index contributed by atoms with van der Waals surface area (Å²) in [4.78, 5) is 23.3. The van der Waals surface area contributed by atoms with E-state index in [4.69, 9.17) is 4.74 Å². The van der Waals surface area contributed by atoms with E-state index >= 15 is 0 Å². The molecule has 148 valence electrons. The van der Waals surface area contributed by atoms with Crippen molar-refractivity contribution in [1.29, 1.82) is 0 Å². The number of hydrogen-bond donors (Lipinski definition) is 1. The molecule has 0 aliphatic heterocycles. The minimum Gasteiger partial charge on any atom is -1.00 e. The van der Waals surface area contributed by atoms with Crippen molar-refractivity contribution in [2.45, 2.75) is 71.3 Å². The first-order valence-corrected chi connectivity index (χ1v) is 9.58. The van der Waals surface area contributed by atoms with E-state index < -0.39 is 0 Å². The summed E-state index contributed by atoms with van der Waals surface area (Å²) in [6.07, 6.45) is 13.8. The zero-order valence-corrected chi connectivity index (χ0v) is 16.7. The van der Waals surface area contributed by atoms with Crippen LogP contribution in [0.25, 0.3) is 0 Å². The average molecular weight is 385 g/mol. The van der Waals surface area contributed by atoms with Crippen molar-refractivity contribution in [2.24, 2.45) is 0 Å². The van der Waals surface area contributed by atoms with Crippen LogP contribution >= 0.6 is 0 Å². The SMILES string of the molecule is CCCCCCCCCCC(=O)OCCNC(=O)C[n+]1ccccc1.[Cl-]. The number of carbonyl (C=O) groups is 2. The van der Waals surface area contributed by atoms with Crippen molar-refractivity contribution in [3.8, 4) is 0 Å². The van der Waals surface area contributed by atoms with Gasteiger partial charge in [-0.25, -0.2) is 0 Å². The highest BCUT2D eigenvalue weighted by atomic mass is 35.5. The lowest BCUT2D eigenvalue weighted by Gasteiger charge is -2.06. The standard InChI is InChI=1S/C20H32N2O3.ClH/c1-2-3-4-5-6-7-8-10-13-20(24)25-17-14-21-19(23)18-22-15-11-9-12-16-22;/h9,11-12,15-16H,2-8,10,13-14,17-18H2,1H3;1H. The summed E-state index contributed by atoms with van der Waals surface area (Å²) >= 11 is 0. The fourth-order valence-corrected chi connectivity index (χ4v) is 2.59. The molecule has 1 rings (SSSR count). The Kier molecular flexibility index (Phi) is 15.8. The molecule has 0 saturated heterocycles. The third-order valence-corrected chi connectivity index (χ3v) is 4.03. The molecule has 6 heteroatoms. The smallest absolute Gasteiger partial charge is 0.305 e. The number of carbonyl (C=O) groups excluding carboxylic acids is 2. The average Bonchev–Trinajstić information content (AvgIpc) is 2.62. The lowest BCUT2D eigenvalue weighted by Crippen LogP contribution is -3.00. The van der Waals surface area contributed by atoms with Crippen LogP contribution in [0, 0.1) is 0 Å². The second-order valence-electron chi connectivity index (χ2n) is 6.34. The number of aromatic nitrogens is 1. The number of hydrogen-bond acceptors (Lipinski definition) is 3. The molecule has 1 heterocycles. The molecule has 1 N–H and O–H groups in total. The first kappa shape index (κ1) is 24.4. The predicted molar refractivity (Wildman–Crippen MR) is 97.8 cm³/mol. The van der Waals surface area contributed by atoms with Crippen molar-refractivity contribution in [3.63, 3.8) is 0 Å². The van der Waals surface area contributed by atoms with E-state index in [1.165, 1.54) is 38.5 Å². The predicted octanol–water partition coefficient (Wildman–Crippen LogP) is 0.168. The molecule has 1 aromatic rings. The number of ether oxygens (including phenoxy) is 1. The van der Waals surface area contributed by atoms with Gasteiger partial charge in [0.2, 0.25) is 6.54 Å². The van der Waals surface area contributed by atoms with Gasteiger partial charge in [0.15, 0.2) is 12.4 Å². The fraction of sp³-hybridized carbons (Fsp3) is 0.650. The van der Waals surface area contributed by atoms with Crippen molar-refractivity contribution in [2.75, 3.05) is 13.2 Å². The third kappa shape index (κ3) is 13.6. The van der Waals surface area contributed by atoms with Crippen LogP contribution in [-0.4, -0.2) is 25.0 Å². The minimum absolute atomic E-state index is 0. The molecular formula is C20H33ClN2O3. The van der Waals surface area contributed by atoms with Crippen LogP contribution < -0.4 is 22.3 Å². The monoisotopic (exact) mass is 384 g/mol. The maximum absolute atomic E-state index is 11.7. The molecule has 1 aromatic heterocycles. The number of halogens is 1. The summed E-state index contributed by atoms with van der Waals surface area (Å²) in [5.74, 6) is -0.256. The zero-order chi connectivity index (χ0) is 18.2. The largest absolute Gasteiger partial charge is 1.00 e. The topological polar surface area (TPSA) is 59.3 Å². The van der Waals surface area contributed by atoms with E-state index in [1.54, 1.807) is 4.57 Å². The second-order valence-corrected chi connectivity index (χ2v) is 6.34. The number of nitrogens with zero attached hydrogens (tertiary/aromatic N) is 1. The van der Waals surface area contributed by atoms with Crippen molar-refractivity contribution in [1.82, 2.24) is 5.32 Å². The van der Waals surface area contributed by atoms with Gasteiger partial charge < -0.3 is 22.5 Å². The summed E-state index contributed by atoms with van der Waals surface area (Å²) < 4.78 is 6.94. The highest BCUT2D eigenvalue weighted by Gasteiger charge is 2.08. The normalized spacial score (nSPS) is 10.0. The second kappa shape index (κ2) is 16.8. The van der Waals surface area contributed by atoms with Gasteiger partial charge in [0.1, 0.15) is 6.61 Å². The molecule has 0 unspecified atom stereocenters. The fourth-order valence-electron chi connectivity index (χ4n) is 2.59. The maximum atomic E-state index is 11.7. The summed E-state index contributed by atoms with van der Waals surface area (Å²) in [6, 6.07) is 5.65. The highest BCUT2D eigenvalue weighted by molar-refractivity contribution is 5.74. The lowest BCUT2D eigenvalue weighted by atomic mass is 10.1. The lowest BCUT2D eigenvalue weighted by molar-refractivity contribution is -0.684. The van der Waals surface area contributed by atoms with Gasteiger partial charge in [-0.2, -0.15) is 4.57 Å².